The molecule has 0 aliphatic heterocycles. The standard InChI is InChI=1S/C15H16FNO/c1-2-18-15-9-4-3-6-12(15)11-17-14-8-5-7-13(16)10-14/h3-10,17H,2,11H2,1H3. The van der Waals surface area contributed by atoms with Crippen molar-refractivity contribution < 1.29 is 9.13 Å². The van der Waals surface area contributed by atoms with E-state index >= 15 is 0 Å². The predicted molar refractivity (Wildman–Crippen MR) is 71.3 cm³/mol. The van der Waals surface area contributed by atoms with Gasteiger partial charge in [0.1, 0.15) is 11.6 Å². The van der Waals surface area contributed by atoms with E-state index < -0.39 is 0 Å². The Morgan fingerprint density at radius 1 is 1.11 bits per heavy atom. The molecule has 2 aromatic carbocycles. The van der Waals surface area contributed by atoms with E-state index in [1.807, 2.05) is 37.3 Å². The quantitative estimate of drug-likeness (QED) is 0.864. The second-order valence-corrected chi connectivity index (χ2v) is 3.90. The lowest BCUT2D eigenvalue weighted by Gasteiger charge is -2.11. The van der Waals surface area contributed by atoms with Crippen molar-refractivity contribution >= 4 is 5.69 Å². The summed E-state index contributed by atoms with van der Waals surface area (Å²) in [5, 5.41) is 3.18. The number of hydrogen-bond acceptors (Lipinski definition) is 2. The molecule has 94 valence electrons. The van der Waals surface area contributed by atoms with E-state index in [0.29, 0.717) is 13.2 Å². The minimum absolute atomic E-state index is 0.238. The molecule has 2 nitrogen and oxygen atoms in total. The van der Waals surface area contributed by atoms with Crippen molar-refractivity contribution in [3.8, 4) is 5.75 Å². The van der Waals surface area contributed by atoms with Gasteiger partial charge in [-0.15, -0.1) is 0 Å². The van der Waals surface area contributed by atoms with Crippen LogP contribution in [0, 0.1) is 5.82 Å². The SMILES string of the molecule is CCOc1ccccc1CNc1cccc(F)c1. The van der Waals surface area contributed by atoms with Crippen LogP contribution >= 0.6 is 0 Å². The summed E-state index contributed by atoms with van der Waals surface area (Å²) >= 11 is 0. The molecule has 2 rings (SSSR count). The highest BCUT2D eigenvalue weighted by Gasteiger charge is 2.02. The van der Waals surface area contributed by atoms with E-state index in [4.69, 9.17) is 4.74 Å². The van der Waals surface area contributed by atoms with E-state index in [9.17, 15) is 4.39 Å². The minimum Gasteiger partial charge on any atom is -0.494 e. The molecule has 0 aliphatic carbocycles. The highest BCUT2D eigenvalue weighted by atomic mass is 19.1. The van der Waals surface area contributed by atoms with Crippen LogP contribution in [0.2, 0.25) is 0 Å². The van der Waals surface area contributed by atoms with Crippen LogP contribution in [0.25, 0.3) is 0 Å². The Balaban J connectivity index is 2.06. The number of rotatable bonds is 5. The zero-order chi connectivity index (χ0) is 12.8. The Hall–Kier alpha value is -2.03. The molecular weight excluding hydrogens is 229 g/mol. The molecular formula is C15H16FNO. The summed E-state index contributed by atoms with van der Waals surface area (Å²) in [5.74, 6) is 0.627. The fourth-order valence-electron chi connectivity index (χ4n) is 1.74. The average molecular weight is 245 g/mol. The Labute approximate surface area is 106 Å². The highest BCUT2D eigenvalue weighted by Crippen LogP contribution is 2.19. The predicted octanol–water partition coefficient (Wildman–Crippen LogP) is 3.84. The summed E-state index contributed by atoms with van der Waals surface area (Å²) in [4.78, 5) is 0. The molecule has 2 aromatic rings. The van der Waals surface area contributed by atoms with Gasteiger partial charge >= 0.3 is 0 Å². The van der Waals surface area contributed by atoms with E-state index in [0.717, 1.165) is 17.0 Å². The molecule has 0 saturated heterocycles. The number of hydrogen-bond donors (Lipinski definition) is 1. The van der Waals surface area contributed by atoms with Gasteiger partial charge in [-0.2, -0.15) is 0 Å². The maximum absolute atomic E-state index is 13.0. The Bertz CT molecular complexity index is 513. The topological polar surface area (TPSA) is 21.3 Å². The van der Waals surface area contributed by atoms with Crippen molar-refractivity contribution in [2.24, 2.45) is 0 Å². The van der Waals surface area contributed by atoms with Crippen molar-refractivity contribution in [1.29, 1.82) is 0 Å². The molecule has 18 heavy (non-hydrogen) atoms. The van der Waals surface area contributed by atoms with Gasteiger partial charge in [0.2, 0.25) is 0 Å². The zero-order valence-electron chi connectivity index (χ0n) is 10.3. The molecule has 0 fully saturated rings. The molecule has 1 N–H and O–H groups in total. The maximum atomic E-state index is 13.0. The Morgan fingerprint density at radius 3 is 2.72 bits per heavy atom. The lowest BCUT2D eigenvalue weighted by molar-refractivity contribution is 0.337. The van der Waals surface area contributed by atoms with Gasteiger partial charge in [-0.05, 0) is 31.2 Å². The maximum Gasteiger partial charge on any atom is 0.125 e. The lowest BCUT2D eigenvalue weighted by atomic mass is 10.2. The first-order chi connectivity index (χ1) is 8.79. The molecule has 3 heteroatoms. The third kappa shape index (κ3) is 3.23. The molecule has 0 heterocycles. The third-order valence-electron chi connectivity index (χ3n) is 2.58. The summed E-state index contributed by atoms with van der Waals surface area (Å²) in [5.41, 5.74) is 1.82. The van der Waals surface area contributed by atoms with Crippen LogP contribution in [-0.4, -0.2) is 6.61 Å². The first-order valence-corrected chi connectivity index (χ1v) is 5.99. The van der Waals surface area contributed by atoms with Gasteiger partial charge in [-0.25, -0.2) is 4.39 Å². The molecule has 0 saturated carbocycles. The summed E-state index contributed by atoms with van der Waals surface area (Å²) in [6, 6.07) is 14.3. The van der Waals surface area contributed by atoms with Gasteiger partial charge in [-0.1, -0.05) is 24.3 Å². The highest BCUT2D eigenvalue weighted by molar-refractivity contribution is 5.45. The molecule has 0 amide bonds. The van der Waals surface area contributed by atoms with Crippen molar-refractivity contribution in [1.82, 2.24) is 0 Å². The van der Waals surface area contributed by atoms with Crippen LogP contribution in [0.5, 0.6) is 5.75 Å². The summed E-state index contributed by atoms with van der Waals surface area (Å²) in [6.07, 6.45) is 0. The van der Waals surface area contributed by atoms with Crippen LogP contribution < -0.4 is 10.1 Å². The number of ether oxygens (including phenoxy) is 1. The molecule has 0 atom stereocenters. The van der Waals surface area contributed by atoms with Crippen molar-refractivity contribution in [2.45, 2.75) is 13.5 Å². The fourth-order valence-corrected chi connectivity index (χ4v) is 1.74. The van der Waals surface area contributed by atoms with Gasteiger partial charge in [0, 0.05) is 17.8 Å². The van der Waals surface area contributed by atoms with Crippen LogP contribution in [-0.2, 0) is 6.54 Å². The Morgan fingerprint density at radius 2 is 1.94 bits per heavy atom. The number of para-hydroxylation sites is 1. The number of anilines is 1. The summed E-state index contributed by atoms with van der Waals surface area (Å²) in [7, 11) is 0. The average Bonchev–Trinajstić information content (AvgIpc) is 2.38. The van der Waals surface area contributed by atoms with Crippen LogP contribution in [0.1, 0.15) is 12.5 Å². The third-order valence-corrected chi connectivity index (χ3v) is 2.58. The monoisotopic (exact) mass is 245 g/mol. The number of nitrogens with one attached hydrogen (secondary N) is 1. The molecule has 0 spiro atoms. The van der Waals surface area contributed by atoms with E-state index in [1.54, 1.807) is 6.07 Å². The summed E-state index contributed by atoms with van der Waals surface area (Å²) in [6.45, 7) is 3.20. The second kappa shape index (κ2) is 6.05. The first kappa shape index (κ1) is 12.4. The zero-order valence-corrected chi connectivity index (χ0v) is 10.3. The van der Waals surface area contributed by atoms with E-state index in [1.165, 1.54) is 12.1 Å². The molecule has 0 bridgehead atoms. The molecule has 0 aromatic heterocycles. The number of benzene rings is 2. The van der Waals surface area contributed by atoms with Gasteiger partial charge < -0.3 is 10.1 Å². The smallest absolute Gasteiger partial charge is 0.125 e. The van der Waals surface area contributed by atoms with Crippen LogP contribution in [0.3, 0.4) is 0 Å². The van der Waals surface area contributed by atoms with Gasteiger partial charge in [0.05, 0.1) is 6.61 Å². The van der Waals surface area contributed by atoms with Gasteiger partial charge in [-0.3, -0.25) is 0 Å². The van der Waals surface area contributed by atoms with Crippen LogP contribution in [0.4, 0.5) is 10.1 Å². The molecule has 0 radical (unpaired) electrons. The van der Waals surface area contributed by atoms with Crippen LogP contribution in [0.15, 0.2) is 48.5 Å². The Kier molecular flexibility index (Phi) is 4.18. The molecule has 0 aliphatic rings. The van der Waals surface area contributed by atoms with Crippen molar-refractivity contribution in [3.63, 3.8) is 0 Å². The second-order valence-electron chi connectivity index (χ2n) is 3.90. The van der Waals surface area contributed by atoms with E-state index in [-0.39, 0.29) is 5.82 Å². The normalized spacial score (nSPS) is 10.1. The minimum atomic E-state index is -0.238. The van der Waals surface area contributed by atoms with E-state index in [2.05, 4.69) is 5.32 Å². The van der Waals surface area contributed by atoms with Gasteiger partial charge in [0.25, 0.3) is 0 Å². The van der Waals surface area contributed by atoms with Crippen molar-refractivity contribution in [2.75, 3.05) is 11.9 Å². The summed E-state index contributed by atoms with van der Waals surface area (Å²) < 4.78 is 18.6. The number of halogens is 1. The fraction of sp³-hybridized carbons (Fsp3) is 0.200. The van der Waals surface area contributed by atoms with Gasteiger partial charge in [0.15, 0.2) is 0 Å². The lowest BCUT2D eigenvalue weighted by Crippen LogP contribution is -2.03. The largest absolute Gasteiger partial charge is 0.494 e. The van der Waals surface area contributed by atoms with Crippen molar-refractivity contribution in [3.05, 3.63) is 59.9 Å². The first-order valence-electron chi connectivity index (χ1n) is 5.99. The molecule has 0 unspecified atom stereocenters.